The second kappa shape index (κ2) is 8.05. The average Bonchev–Trinajstić information content (AvgIpc) is 2.34. The minimum absolute atomic E-state index is 0.0666. The highest BCUT2D eigenvalue weighted by Crippen LogP contribution is 2.29. The lowest BCUT2D eigenvalue weighted by Crippen LogP contribution is -2.32. The van der Waals surface area contributed by atoms with E-state index in [0.717, 1.165) is 18.4 Å². The summed E-state index contributed by atoms with van der Waals surface area (Å²) in [5.74, 6) is 0.503. The van der Waals surface area contributed by atoms with Crippen LogP contribution in [0.3, 0.4) is 0 Å². The molecule has 8 heteroatoms. The topological polar surface area (TPSA) is 115 Å². The van der Waals surface area contributed by atoms with E-state index in [0.29, 0.717) is 5.92 Å². The van der Waals surface area contributed by atoms with Crippen molar-refractivity contribution in [3.05, 3.63) is 41.3 Å². The molecule has 1 aromatic rings. The van der Waals surface area contributed by atoms with E-state index >= 15 is 0 Å². The Bertz CT molecular complexity index is 733. The fourth-order valence-electron chi connectivity index (χ4n) is 1.93. The van der Waals surface area contributed by atoms with E-state index in [9.17, 15) is 16.8 Å². The van der Waals surface area contributed by atoms with Crippen LogP contribution in [0, 0.1) is 12.8 Å². The standard InChI is InChI=1S/C8H15NO2S.C7H8O3S/c1-12(10,11)6-5-8(9)7-3-2-4-7;1-6-2-4-7(5-3-6)11(8,9)10/h5-8H,2-4,9H2,1H3;2-5H,1H3,(H,8,9,10)/b6-5+;/t8-;/m0./s1. The molecule has 23 heavy (non-hydrogen) atoms. The molecular formula is C15H23NO5S2. The number of sulfone groups is 1. The molecule has 0 amide bonds. The fraction of sp³-hybridized carbons (Fsp3) is 0.467. The molecule has 0 heterocycles. The van der Waals surface area contributed by atoms with Crippen molar-refractivity contribution in [2.24, 2.45) is 11.7 Å². The Hall–Kier alpha value is -1.22. The maximum Gasteiger partial charge on any atom is 0.294 e. The van der Waals surface area contributed by atoms with E-state index in [-0.39, 0.29) is 10.9 Å². The molecule has 0 aliphatic heterocycles. The quantitative estimate of drug-likeness (QED) is 0.792. The third-order valence-electron chi connectivity index (χ3n) is 3.56. The predicted octanol–water partition coefficient (Wildman–Crippen LogP) is 1.91. The number of hydrogen-bond donors (Lipinski definition) is 2. The van der Waals surface area contributed by atoms with Crippen LogP contribution >= 0.6 is 0 Å². The van der Waals surface area contributed by atoms with Crippen LogP contribution in [0.25, 0.3) is 0 Å². The Morgan fingerprint density at radius 3 is 2.04 bits per heavy atom. The van der Waals surface area contributed by atoms with Gasteiger partial charge in [-0.05, 0) is 37.8 Å². The lowest BCUT2D eigenvalue weighted by Gasteiger charge is -2.29. The highest BCUT2D eigenvalue weighted by atomic mass is 32.2. The first kappa shape index (κ1) is 19.8. The Balaban J connectivity index is 0.000000231. The normalized spacial score (nSPS) is 17.2. The van der Waals surface area contributed by atoms with Gasteiger partial charge in [0.15, 0.2) is 9.84 Å². The molecule has 1 atom stereocenters. The molecule has 0 unspecified atom stereocenters. The Morgan fingerprint density at radius 1 is 1.17 bits per heavy atom. The zero-order valence-corrected chi connectivity index (χ0v) is 14.8. The van der Waals surface area contributed by atoms with Gasteiger partial charge in [0.2, 0.25) is 0 Å². The van der Waals surface area contributed by atoms with Crippen LogP contribution in [0.5, 0.6) is 0 Å². The maximum absolute atomic E-state index is 10.7. The number of aryl methyl sites for hydroxylation is 1. The van der Waals surface area contributed by atoms with Crippen LogP contribution in [0.4, 0.5) is 0 Å². The van der Waals surface area contributed by atoms with Gasteiger partial charge in [-0.15, -0.1) is 0 Å². The molecule has 0 saturated heterocycles. The van der Waals surface area contributed by atoms with Crippen molar-refractivity contribution in [2.45, 2.75) is 37.1 Å². The molecule has 1 saturated carbocycles. The van der Waals surface area contributed by atoms with Crippen LogP contribution in [-0.4, -0.2) is 33.7 Å². The van der Waals surface area contributed by atoms with E-state index in [1.54, 1.807) is 18.2 Å². The Kier molecular flexibility index (Phi) is 6.94. The van der Waals surface area contributed by atoms with Crippen LogP contribution in [0.2, 0.25) is 0 Å². The lowest BCUT2D eigenvalue weighted by molar-refractivity contribution is 0.289. The minimum atomic E-state index is -4.02. The third kappa shape index (κ3) is 7.74. The number of hydrogen-bond acceptors (Lipinski definition) is 5. The summed E-state index contributed by atoms with van der Waals surface area (Å²) in [4.78, 5) is -0.0666. The van der Waals surface area contributed by atoms with Crippen molar-refractivity contribution in [2.75, 3.05) is 6.26 Å². The van der Waals surface area contributed by atoms with Crippen LogP contribution < -0.4 is 5.73 Å². The highest BCUT2D eigenvalue weighted by molar-refractivity contribution is 7.93. The molecule has 0 radical (unpaired) electrons. The maximum atomic E-state index is 10.7. The summed E-state index contributed by atoms with van der Waals surface area (Å²) in [7, 11) is -7.02. The van der Waals surface area contributed by atoms with E-state index in [2.05, 4.69) is 0 Å². The zero-order valence-electron chi connectivity index (χ0n) is 13.2. The van der Waals surface area contributed by atoms with Gasteiger partial charge in [-0.3, -0.25) is 4.55 Å². The van der Waals surface area contributed by atoms with Gasteiger partial charge in [-0.25, -0.2) is 8.42 Å². The predicted molar refractivity (Wildman–Crippen MR) is 90.3 cm³/mol. The summed E-state index contributed by atoms with van der Waals surface area (Å²) in [6.45, 7) is 1.84. The van der Waals surface area contributed by atoms with Gasteiger partial charge in [0, 0.05) is 17.7 Å². The van der Waals surface area contributed by atoms with E-state index < -0.39 is 20.0 Å². The molecule has 3 N–H and O–H groups in total. The molecule has 0 bridgehead atoms. The van der Waals surface area contributed by atoms with E-state index in [1.165, 1.54) is 30.2 Å². The lowest BCUT2D eigenvalue weighted by atomic mass is 9.80. The van der Waals surface area contributed by atoms with Crippen molar-refractivity contribution in [3.63, 3.8) is 0 Å². The molecule has 0 spiro atoms. The van der Waals surface area contributed by atoms with Gasteiger partial charge < -0.3 is 5.73 Å². The summed E-state index contributed by atoms with van der Waals surface area (Å²) in [6.07, 6.45) is 6.27. The van der Waals surface area contributed by atoms with Gasteiger partial charge in [-0.1, -0.05) is 30.2 Å². The van der Waals surface area contributed by atoms with Crippen molar-refractivity contribution in [1.29, 1.82) is 0 Å². The van der Waals surface area contributed by atoms with Gasteiger partial charge in [-0.2, -0.15) is 8.42 Å². The molecule has 1 aliphatic carbocycles. The summed E-state index contributed by atoms with van der Waals surface area (Å²) in [5.41, 5.74) is 6.69. The van der Waals surface area contributed by atoms with E-state index in [4.69, 9.17) is 10.3 Å². The molecule has 0 aromatic heterocycles. The van der Waals surface area contributed by atoms with Crippen molar-refractivity contribution >= 4 is 20.0 Å². The Labute approximate surface area is 138 Å². The third-order valence-corrected chi connectivity index (χ3v) is 5.08. The van der Waals surface area contributed by atoms with Gasteiger partial charge in [0.05, 0.1) is 4.90 Å². The monoisotopic (exact) mass is 361 g/mol. The summed E-state index contributed by atoms with van der Waals surface area (Å²) < 4.78 is 51.0. The molecule has 130 valence electrons. The van der Waals surface area contributed by atoms with Gasteiger partial charge >= 0.3 is 0 Å². The van der Waals surface area contributed by atoms with Gasteiger partial charge in [0.25, 0.3) is 10.1 Å². The first-order valence-electron chi connectivity index (χ1n) is 7.17. The van der Waals surface area contributed by atoms with Crippen LogP contribution in [0.15, 0.2) is 40.6 Å². The number of rotatable bonds is 4. The molecular weight excluding hydrogens is 338 g/mol. The number of nitrogens with two attached hydrogens (primary N) is 1. The average molecular weight is 361 g/mol. The zero-order chi connectivity index (χ0) is 17.7. The molecule has 2 rings (SSSR count). The largest absolute Gasteiger partial charge is 0.324 e. The highest BCUT2D eigenvalue weighted by Gasteiger charge is 2.22. The fourth-order valence-corrected chi connectivity index (χ4v) is 2.87. The van der Waals surface area contributed by atoms with Crippen LogP contribution in [0.1, 0.15) is 24.8 Å². The first-order valence-corrected chi connectivity index (χ1v) is 10.6. The summed E-state index contributed by atoms with van der Waals surface area (Å²) >= 11 is 0. The molecule has 1 fully saturated rings. The number of benzene rings is 1. The molecule has 1 aromatic carbocycles. The summed E-state index contributed by atoms with van der Waals surface area (Å²) in [5, 5.41) is 1.20. The van der Waals surface area contributed by atoms with Crippen molar-refractivity contribution < 1.29 is 21.4 Å². The van der Waals surface area contributed by atoms with Crippen LogP contribution in [-0.2, 0) is 20.0 Å². The smallest absolute Gasteiger partial charge is 0.294 e. The molecule has 1 aliphatic rings. The summed E-state index contributed by atoms with van der Waals surface area (Å²) in [6, 6.07) is 5.91. The van der Waals surface area contributed by atoms with Crippen molar-refractivity contribution in [1.82, 2.24) is 0 Å². The SMILES string of the molecule is CS(=O)(=O)/C=C/[C@H](N)C1CCC1.Cc1ccc(S(=O)(=O)O)cc1. The second-order valence-corrected chi connectivity index (χ2v) is 9.07. The van der Waals surface area contributed by atoms with E-state index in [1.807, 2.05) is 6.92 Å². The van der Waals surface area contributed by atoms with Gasteiger partial charge in [0.1, 0.15) is 0 Å². The van der Waals surface area contributed by atoms with Crippen molar-refractivity contribution in [3.8, 4) is 0 Å². The minimum Gasteiger partial charge on any atom is -0.324 e. The molecule has 6 nitrogen and oxygen atoms in total. The Morgan fingerprint density at radius 2 is 1.70 bits per heavy atom. The second-order valence-electron chi connectivity index (χ2n) is 5.71. The first-order chi connectivity index (χ1) is 10.5.